The van der Waals surface area contributed by atoms with E-state index in [0.717, 1.165) is 10.5 Å². The molecule has 2 unspecified atom stereocenters. The number of fused-ring (bicyclic) bond motifs is 1. The van der Waals surface area contributed by atoms with Crippen molar-refractivity contribution in [2.45, 2.75) is 23.2 Å². The molecule has 1 aliphatic heterocycles. The van der Waals surface area contributed by atoms with Gasteiger partial charge in [-0.15, -0.1) is 11.8 Å². The van der Waals surface area contributed by atoms with Crippen molar-refractivity contribution in [3.8, 4) is 0 Å². The van der Waals surface area contributed by atoms with Crippen LogP contribution in [0.2, 0.25) is 0 Å². The van der Waals surface area contributed by atoms with Crippen molar-refractivity contribution < 1.29 is 18.3 Å². The van der Waals surface area contributed by atoms with Gasteiger partial charge in [-0.2, -0.15) is 13.2 Å². The van der Waals surface area contributed by atoms with Crippen molar-refractivity contribution in [1.82, 2.24) is 5.32 Å². The van der Waals surface area contributed by atoms with Gasteiger partial charge in [-0.05, 0) is 11.6 Å². The predicted molar refractivity (Wildman–Crippen MR) is 60.0 cm³/mol. The minimum absolute atomic E-state index is 0.117. The number of hydrogen-bond acceptors (Lipinski definition) is 3. The largest absolute Gasteiger partial charge is 0.415 e. The second-order valence-corrected chi connectivity index (χ2v) is 4.93. The number of thioether (sulfide) groups is 1. The third-order valence-corrected chi connectivity index (χ3v) is 3.82. The highest BCUT2D eigenvalue weighted by molar-refractivity contribution is 7.99. The Morgan fingerprint density at radius 1 is 1.41 bits per heavy atom. The lowest BCUT2D eigenvalue weighted by atomic mass is 10.1. The van der Waals surface area contributed by atoms with E-state index in [9.17, 15) is 13.2 Å². The maximum Gasteiger partial charge on any atom is 0.415 e. The molecule has 0 aliphatic carbocycles. The summed E-state index contributed by atoms with van der Waals surface area (Å²) in [5.74, 6) is 0.698. The number of hydrogen-bond donors (Lipinski definition) is 2. The molecule has 1 heterocycles. The van der Waals surface area contributed by atoms with Crippen LogP contribution in [0.5, 0.6) is 0 Å². The first-order chi connectivity index (χ1) is 7.98. The summed E-state index contributed by atoms with van der Waals surface area (Å²) in [6.45, 7) is -0.469. The second-order valence-electron chi connectivity index (χ2n) is 3.87. The molecular formula is C11H12F3NOS. The second kappa shape index (κ2) is 4.88. The van der Waals surface area contributed by atoms with Gasteiger partial charge in [0.2, 0.25) is 0 Å². The van der Waals surface area contributed by atoms with Gasteiger partial charge < -0.3 is 10.4 Å². The van der Waals surface area contributed by atoms with Crippen LogP contribution in [0.1, 0.15) is 11.6 Å². The molecule has 17 heavy (non-hydrogen) atoms. The lowest BCUT2D eigenvalue weighted by Gasteiger charge is -2.18. The highest BCUT2D eigenvalue weighted by atomic mass is 32.2. The van der Waals surface area contributed by atoms with E-state index in [2.05, 4.69) is 5.32 Å². The SMILES string of the molecule is OC(CNC1CSc2ccccc21)C(F)(F)F. The molecule has 2 rings (SSSR count). The molecule has 2 nitrogen and oxygen atoms in total. The Bertz CT molecular complexity index is 397. The maximum atomic E-state index is 12.1. The average molecular weight is 263 g/mol. The van der Waals surface area contributed by atoms with Crippen LogP contribution < -0.4 is 5.32 Å². The first-order valence-corrected chi connectivity index (χ1v) is 6.17. The van der Waals surface area contributed by atoms with Gasteiger partial charge in [0.15, 0.2) is 6.10 Å². The van der Waals surface area contributed by atoms with E-state index >= 15 is 0 Å². The highest BCUT2D eigenvalue weighted by Gasteiger charge is 2.38. The van der Waals surface area contributed by atoms with Gasteiger partial charge in [-0.25, -0.2) is 0 Å². The van der Waals surface area contributed by atoms with E-state index in [-0.39, 0.29) is 6.04 Å². The van der Waals surface area contributed by atoms with E-state index in [1.54, 1.807) is 11.8 Å². The Hall–Kier alpha value is -0.720. The van der Waals surface area contributed by atoms with Gasteiger partial charge in [0.25, 0.3) is 0 Å². The van der Waals surface area contributed by atoms with Crippen LogP contribution in [-0.2, 0) is 0 Å². The van der Waals surface area contributed by atoms with Crippen molar-refractivity contribution in [3.63, 3.8) is 0 Å². The molecule has 0 saturated carbocycles. The third-order valence-electron chi connectivity index (χ3n) is 2.64. The van der Waals surface area contributed by atoms with Crippen molar-refractivity contribution in [1.29, 1.82) is 0 Å². The smallest absolute Gasteiger partial charge is 0.382 e. The molecule has 94 valence electrons. The quantitative estimate of drug-likeness (QED) is 0.878. The summed E-state index contributed by atoms with van der Waals surface area (Å²) in [6, 6.07) is 7.49. The summed E-state index contributed by atoms with van der Waals surface area (Å²) in [7, 11) is 0. The zero-order valence-electron chi connectivity index (χ0n) is 8.87. The Morgan fingerprint density at radius 3 is 2.82 bits per heavy atom. The molecule has 0 spiro atoms. The summed E-state index contributed by atoms with van der Waals surface area (Å²) >= 11 is 1.61. The minimum Gasteiger partial charge on any atom is -0.382 e. The number of aliphatic hydroxyl groups is 1. The van der Waals surface area contributed by atoms with Crippen LogP contribution in [0.4, 0.5) is 13.2 Å². The van der Waals surface area contributed by atoms with Gasteiger partial charge >= 0.3 is 6.18 Å². The molecule has 6 heteroatoms. The normalized spacial score (nSPS) is 21.3. The predicted octanol–water partition coefficient (Wildman–Crippen LogP) is 2.35. The number of aliphatic hydroxyl groups excluding tert-OH is 1. The molecule has 2 N–H and O–H groups in total. The van der Waals surface area contributed by atoms with Crippen LogP contribution >= 0.6 is 11.8 Å². The summed E-state index contributed by atoms with van der Waals surface area (Å²) in [6.07, 6.45) is -6.86. The number of rotatable bonds is 3. The topological polar surface area (TPSA) is 32.3 Å². The fourth-order valence-electron chi connectivity index (χ4n) is 1.70. The van der Waals surface area contributed by atoms with E-state index in [4.69, 9.17) is 5.11 Å². The fraction of sp³-hybridized carbons (Fsp3) is 0.455. The molecule has 0 saturated heterocycles. The van der Waals surface area contributed by atoms with Crippen molar-refractivity contribution >= 4 is 11.8 Å². The monoisotopic (exact) mass is 263 g/mol. The lowest BCUT2D eigenvalue weighted by Crippen LogP contribution is -2.39. The zero-order chi connectivity index (χ0) is 12.5. The molecule has 1 aliphatic rings. The summed E-state index contributed by atoms with van der Waals surface area (Å²) < 4.78 is 36.4. The van der Waals surface area contributed by atoms with Gasteiger partial charge in [0, 0.05) is 23.2 Å². The fourth-order valence-corrected chi connectivity index (χ4v) is 2.90. The van der Waals surface area contributed by atoms with Crippen molar-refractivity contribution in [2.75, 3.05) is 12.3 Å². The van der Waals surface area contributed by atoms with Crippen molar-refractivity contribution in [2.24, 2.45) is 0 Å². The number of alkyl halides is 3. The Kier molecular flexibility index (Phi) is 3.65. The highest BCUT2D eigenvalue weighted by Crippen LogP contribution is 2.37. The van der Waals surface area contributed by atoms with Gasteiger partial charge in [0.1, 0.15) is 0 Å². The van der Waals surface area contributed by atoms with Gasteiger partial charge in [0.05, 0.1) is 0 Å². The van der Waals surface area contributed by atoms with Crippen molar-refractivity contribution in [3.05, 3.63) is 29.8 Å². The van der Waals surface area contributed by atoms with Gasteiger partial charge in [-0.3, -0.25) is 0 Å². The molecule has 2 atom stereocenters. The van der Waals surface area contributed by atoms with Crippen LogP contribution in [-0.4, -0.2) is 29.7 Å². The number of halogens is 3. The van der Waals surface area contributed by atoms with Gasteiger partial charge in [-0.1, -0.05) is 18.2 Å². The molecule has 1 aromatic carbocycles. The summed E-state index contributed by atoms with van der Waals surface area (Å²) in [5.41, 5.74) is 1.01. The molecule has 0 aromatic heterocycles. The number of nitrogens with one attached hydrogen (secondary N) is 1. The molecule has 0 radical (unpaired) electrons. The van der Waals surface area contributed by atoms with E-state index in [0.29, 0.717) is 5.75 Å². The first-order valence-electron chi connectivity index (χ1n) is 5.18. The lowest BCUT2D eigenvalue weighted by molar-refractivity contribution is -0.202. The average Bonchev–Trinajstić information content (AvgIpc) is 2.68. The standard InChI is InChI=1S/C11H12F3NOS/c12-11(13,14)10(16)5-15-8-6-17-9-4-2-1-3-7(8)9/h1-4,8,10,15-16H,5-6H2. The van der Waals surface area contributed by atoms with E-state index in [1.165, 1.54) is 0 Å². The van der Waals surface area contributed by atoms with E-state index in [1.807, 2.05) is 24.3 Å². The molecule has 0 amide bonds. The van der Waals surface area contributed by atoms with Crippen LogP contribution in [0, 0.1) is 0 Å². The maximum absolute atomic E-state index is 12.1. The first kappa shape index (κ1) is 12.7. The number of benzene rings is 1. The van der Waals surface area contributed by atoms with Crippen LogP contribution in [0.15, 0.2) is 29.2 Å². The third kappa shape index (κ3) is 2.94. The van der Waals surface area contributed by atoms with Crippen LogP contribution in [0.3, 0.4) is 0 Å². The summed E-state index contributed by atoms with van der Waals surface area (Å²) in [4.78, 5) is 1.09. The Morgan fingerprint density at radius 2 is 2.12 bits per heavy atom. The van der Waals surface area contributed by atoms with Crippen LogP contribution in [0.25, 0.3) is 0 Å². The Balaban J connectivity index is 1.94. The molecule has 0 fully saturated rings. The zero-order valence-corrected chi connectivity index (χ0v) is 9.68. The minimum atomic E-state index is -4.56. The molecule has 1 aromatic rings. The molecular weight excluding hydrogens is 251 g/mol. The Labute approximate surface area is 101 Å². The summed E-state index contributed by atoms with van der Waals surface area (Å²) in [5, 5.41) is 11.7. The molecule has 0 bridgehead atoms. The van der Waals surface area contributed by atoms with E-state index < -0.39 is 18.8 Å².